The van der Waals surface area contributed by atoms with Gasteiger partial charge in [-0.05, 0) is 34.9 Å². The van der Waals surface area contributed by atoms with Gasteiger partial charge in [0, 0.05) is 49.1 Å². The molecule has 3 aromatic carbocycles. The maximum Gasteiger partial charge on any atom is 0.336 e. The first-order valence-corrected chi connectivity index (χ1v) is 10.0. The molecule has 0 aromatic heterocycles. The fourth-order valence-corrected chi connectivity index (χ4v) is 4.06. The van der Waals surface area contributed by atoms with Crippen LogP contribution in [-0.2, 0) is 0 Å². The molecule has 0 heterocycles. The van der Waals surface area contributed by atoms with Crippen molar-refractivity contribution in [1.29, 1.82) is 0 Å². The third kappa shape index (κ3) is 3.93. The second-order valence-electron chi connectivity index (χ2n) is 7.92. The average Bonchev–Trinajstić information content (AvgIpc) is 3.11. The number of carboxylic acids is 1. The van der Waals surface area contributed by atoms with Crippen LogP contribution in [0.1, 0.15) is 27.0 Å². The molecule has 0 saturated carbocycles. The van der Waals surface area contributed by atoms with Crippen molar-refractivity contribution < 1.29 is 24.7 Å². The Balaban J connectivity index is 2.13. The number of aromatic carboxylic acids is 1. The lowest BCUT2D eigenvalue weighted by atomic mass is 9.96. The van der Waals surface area contributed by atoms with Crippen molar-refractivity contribution in [3.63, 3.8) is 0 Å². The summed E-state index contributed by atoms with van der Waals surface area (Å²) in [6, 6.07) is 10.9. The molecule has 0 radical (unpaired) electrons. The number of anilines is 1. The standard InChI is InChI=1S/C23H16N4O8/c1-24(2)13-5-3-12(4-6-13)7-16-17-8-14(25(30)31)10-19(23(28)29)21(17)22-18(16)9-15(26(32)33)11-20(22)27(34)35/h3-11H,1-2H3,(H,28,29). The predicted octanol–water partition coefficient (Wildman–Crippen LogP) is 4.74. The quantitative estimate of drug-likeness (QED) is 0.305. The van der Waals surface area contributed by atoms with Crippen LogP contribution < -0.4 is 4.90 Å². The zero-order chi connectivity index (χ0) is 25.6. The van der Waals surface area contributed by atoms with Gasteiger partial charge in [0.05, 0.1) is 32.0 Å². The highest BCUT2D eigenvalue weighted by atomic mass is 16.6. The first-order chi connectivity index (χ1) is 16.5. The maximum absolute atomic E-state index is 12.0. The topological polar surface area (TPSA) is 170 Å². The minimum atomic E-state index is -1.53. The Kier molecular flexibility index (Phi) is 5.49. The van der Waals surface area contributed by atoms with Crippen molar-refractivity contribution in [3.8, 4) is 11.1 Å². The van der Waals surface area contributed by atoms with Crippen LogP contribution in [0.5, 0.6) is 0 Å². The van der Waals surface area contributed by atoms with E-state index in [1.807, 2.05) is 19.0 Å². The summed E-state index contributed by atoms with van der Waals surface area (Å²) < 4.78 is 0. The summed E-state index contributed by atoms with van der Waals surface area (Å²) in [5, 5.41) is 44.7. The molecule has 0 atom stereocenters. The number of hydrogen-bond donors (Lipinski definition) is 1. The van der Waals surface area contributed by atoms with Gasteiger partial charge >= 0.3 is 5.97 Å². The molecule has 1 aliphatic rings. The third-order valence-corrected chi connectivity index (χ3v) is 5.62. The van der Waals surface area contributed by atoms with Gasteiger partial charge in [-0.3, -0.25) is 30.3 Å². The molecule has 35 heavy (non-hydrogen) atoms. The minimum absolute atomic E-state index is 0.0422. The summed E-state index contributed by atoms with van der Waals surface area (Å²) in [6.07, 6.45) is 1.56. The van der Waals surface area contributed by atoms with E-state index >= 15 is 0 Å². The van der Waals surface area contributed by atoms with Crippen molar-refractivity contribution in [2.75, 3.05) is 19.0 Å². The number of carbonyl (C=O) groups is 1. The first kappa shape index (κ1) is 23.0. The van der Waals surface area contributed by atoms with Crippen molar-refractivity contribution in [2.24, 2.45) is 0 Å². The molecule has 1 N–H and O–H groups in total. The van der Waals surface area contributed by atoms with Gasteiger partial charge in [-0.15, -0.1) is 0 Å². The number of carboxylic acid groups (broad SMARTS) is 1. The van der Waals surface area contributed by atoms with Crippen molar-refractivity contribution >= 4 is 40.4 Å². The summed E-state index contributed by atoms with van der Waals surface area (Å²) in [4.78, 5) is 46.4. The molecular weight excluding hydrogens is 460 g/mol. The molecule has 0 fully saturated rings. The van der Waals surface area contributed by atoms with E-state index in [4.69, 9.17) is 0 Å². The van der Waals surface area contributed by atoms with Gasteiger partial charge in [0.25, 0.3) is 17.1 Å². The molecule has 12 nitrogen and oxygen atoms in total. The lowest BCUT2D eigenvalue weighted by Gasteiger charge is -2.12. The average molecular weight is 476 g/mol. The van der Waals surface area contributed by atoms with Crippen LogP contribution >= 0.6 is 0 Å². The Labute approximate surface area is 196 Å². The number of nitro groups is 3. The monoisotopic (exact) mass is 476 g/mol. The first-order valence-electron chi connectivity index (χ1n) is 10.0. The molecule has 4 rings (SSSR count). The van der Waals surface area contributed by atoms with Crippen LogP contribution in [0.2, 0.25) is 0 Å². The number of non-ortho nitro benzene ring substituents is 2. The van der Waals surface area contributed by atoms with Crippen LogP contribution in [0.4, 0.5) is 22.7 Å². The minimum Gasteiger partial charge on any atom is -0.478 e. The van der Waals surface area contributed by atoms with Crippen LogP contribution in [0.15, 0.2) is 48.5 Å². The second kappa shape index (κ2) is 8.33. The summed E-state index contributed by atoms with van der Waals surface area (Å²) in [7, 11) is 3.70. The molecule has 0 aliphatic heterocycles. The normalized spacial score (nSPS) is 12.7. The fourth-order valence-electron chi connectivity index (χ4n) is 4.06. The van der Waals surface area contributed by atoms with Crippen LogP contribution in [0.25, 0.3) is 22.8 Å². The molecule has 0 saturated heterocycles. The molecule has 1 aliphatic carbocycles. The van der Waals surface area contributed by atoms with Crippen molar-refractivity contribution in [1.82, 2.24) is 0 Å². The maximum atomic E-state index is 12.0. The Morgan fingerprint density at radius 1 is 0.829 bits per heavy atom. The van der Waals surface area contributed by atoms with E-state index in [1.54, 1.807) is 30.3 Å². The van der Waals surface area contributed by atoms with Gasteiger partial charge in [-0.25, -0.2) is 4.79 Å². The largest absolute Gasteiger partial charge is 0.478 e. The molecule has 12 heteroatoms. The van der Waals surface area contributed by atoms with Crippen LogP contribution in [0.3, 0.4) is 0 Å². The molecule has 0 bridgehead atoms. The highest BCUT2D eigenvalue weighted by molar-refractivity contribution is 6.14. The van der Waals surface area contributed by atoms with Gasteiger partial charge in [0.2, 0.25) is 0 Å². The Bertz CT molecular complexity index is 1390. The lowest BCUT2D eigenvalue weighted by Crippen LogP contribution is -2.07. The zero-order valence-electron chi connectivity index (χ0n) is 18.3. The van der Waals surface area contributed by atoms with E-state index in [9.17, 15) is 40.2 Å². The third-order valence-electron chi connectivity index (χ3n) is 5.62. The summed E-state index contributed by atoms with van der Waals surface area (Å²) in [5.74, 6) is -1.53. The summed E-state index contributed by atoms with van der Waals surface area (Å²) in [6.45, 7) is 0. The molecule has 0 spiro atoms. The van der Waals surface area contributed by atoms with E-state index < -0.39 is 43.4 Å². The molecule has 176 valence electrons. The van der Waals surface area contributed by atoms with Gasteiger partial charge < -0.3 is 10.0 Å². The highest BCUT2D eigenvalue weighted by Gasteiger charge is 2.38. The fraction of sp³-hybridized carbons (Fsp3) is 0.0870. The molecule has 3 aromatic rings. The number of fused-ring (bicyclic) bond motifs is 3. The number of nitrogens with zero attached hydrogens (tertiary/aromatic N) is 4. The number of rotatable bonds is 6. The van der Waals surface area contributed by atoms with E-state index in [-0.39, 0.29) is 27.8 Å². The SMILES string of the molecule is CN(C)c1ccc(C=C2c3cc([N+](=O)[O-])cc(C(=O)O)c3-c3c2cc([N+](=O)[O-])cc3[N+](=O)[O-])cc1. The number of hydrogen-bond acceptors (Lipinski definition) is 8. The van der Waals surface area contributed by atoms with Crippen molar-refractivity contribution in [2.45, 2.75) is 0 Å². The second-order valence-corrected chi connectivity index (χ2v) is 7.92. The summed E-state index contributed by atoms with van der Waals surface area (Å²) >= 11 is 0. The number of nitro benzene ring substituents is 3. The highest BCUT2D eigenvalue weighted by Crippen LogP contribution is 2.53. The lowest BCUT2D eigenvalue weighted by molar-refractivity contribution is -0.393. The van der Waals surface area contributed by atoms with E-state index in [0.717, 1.165) is 30.0 Å². The van der Waals surface area contributed by atoms with Gasteiger partial charge in [0.1, 0.15) is 0 Å². The van der Waals surface area contributed by atoms with Crippen LogP contribution in [0, 0.1) is 30.3 Å². The molecular formula is C23H16N4O8. The van der Waals surface area contributed by atoms with E-state index in [2.05, 4.69) is 0 Å². The summed E-state index contributed by atoms with van der Waals surface area (Å²) in [5.41, 5.74) is -0.732. The molecule has 0 amide bonds. The van der Waals surface area contributed by atoms with Gasteiger partial charge in [0.15, 0.2) is 0 Å². The van der Waals surface area contributed by atoms with Gasteiger partial charge in [-0.2, -0.15) is 0 Å². The Hall–Kier alpha value is -5.13. The van der Waals surface area contributed by atoms with Gasteiger partial charge in [-0.1, -0.05) is 12.1 Å². The Morgan fingerprint density at radius 3 is 1.86 bits per heavy atom. The Morgan fingerprint density at radius 2 is 1.37 bits per heavy atom. The number of benzene rings is 3. The molecule has 0 unspecified atom stereocenters. The van der Waals surface area contributed by atoms with Crippen molar-refractivity contribution in [3.05, 3.63) is 101 Å². The van der Waals surface area contributed by atoms with E-state index in [0.29, 0.717) is 5.56 Å². The zero-order valence-corrected chi connectivity index (χ0v) is 18.3. The van der Waals surface area contributed by atoms with E-state index in [1.165, 1.54) is 0 Å². The van der Waals surface area contributed by atoms with Crippen LogP contribution in [-0.4, -0.2) is 39.9 Å². The smallest absolute Gasteiger partial charge is 0.336 e. The predicted molar refractivity (Wildman–Crippen MR) is 127 cm³/mol.